The second-order valence-corrected chi connectivity index (χ2v) is 9.62. The standard InChI is InChI=1S/C19H24ClN3O3S/c1-3-27-22-13-9-18(2)14-15-17(25-7-6-19(13,15)26-18)23(16(14)24)10-4-5-12(21)11(20)8-10/h4-5,8,13-15,17,22H,3,6-7,9,21H2,1-2H3. The van der Waals surface area contributed by atoms with Crippen molar-refractivity contribution in [3.05, 3.63) is 23.2 Å². The Balaban J connectivity index is 1.56. The summed E-state index contributed by atoms with van der Waals surface area (Å²) in [6.45, 7) is 4.79. The molecule has 4 fully saturated rings. The summed E-state index contributed by atoms with van der Waals surface area (Å²) in [5.41, 5.74) is 6.28. The first-order valence-corrected chi connectivity index (χ1v) is 10.8. The fourth-order valence-corrected chi connectivity index (χ4v) is 6.53. The Morgan fingerprint density at radius 3 is 3.04 bits per heavy atom. The summed E-state index contributed by atoms with van der Waals surface area (Å²) in [4.78, 5) is 15.3. The van der Waals surface area contributed by atoms with E-state index < -0.39 is 5.60 Å². The molecule has 1 spiro atoms. The van der Waals surface area contributed by atoms with Crippen molar-refractivity contribution in [1.29, 1.82) is 0 Å². The highest BCUT2D eigenvalue weighted by atomic mass is 35.5. The highest BCUT2D eigenvalue weighted by Crippen LogP contribution is 2.65. The number of hydrogen-bond acceptors (Lipinski definition) is 6. The van der Waals surface area contributed by atoms with E-state index in [2.05, 4.69) is 18.6 Å². The van der Waals surface area contributed by atoms with E-state index in [1.54, 1.807) is 29.0 Å². The van der Waals surface area contributed by atoms with E-state index in [-0.39, 0.29) is 35.6 Å². The molecule has 0 saturated carbocycles. The van der Waals surface area contributed by atoms with E-state index in [1.807, 2.05) is 6.07 Å². The molecule has 0 aliphatic carbocycles. The SMILES string of the molecule is CCSNC1CC2(C)OC13CCOC1C3C2C(=O)N1c1ccc(N)c(Cl)c1. The molecule has 4 saturated heterocycles. The van der Waals surface area contributed by atoms with Crippen LogP contribution in [-0.2, 0) is 14.3 Å². The molecule has 3 N–H and O–H groups in total. The number of nitrogens with two attached hydrogens (primary N) is 1. The van der Waals surface area contributed by atoms with Crippen molar-refractivity contribution < 1.29 is 14.3 Å². The third-order valence-electron chi connectivity index (χ3n) is 6.68. The van der Waals surface area contributed by atoms with Gasteiger partial charge in [-0.2, -0.15) is 0 Å². The van der Waals surface area contributed by atoms with Crippen LogP contribution in [0.3, 0.4) is 0 Å². The molecule has 27 heavy (non-hydrogen) atoms. The lowest BCUT2D eigenvalue weighted by atomic mass is 9.64. The van der Waals surface area contributed by atoms with E-state index in [4.69, 9.17) is 26.8 Å². The molecule has 1 aromatic rings. The van der Waals surface area contributed by atoms with Crippen LogP contribution < -0.4 is 15.4 Å². The number of rotatable bonds is 4. The van der Waals surface area contributed by atoms with E-state index >= 15 is 0 Å². The maximum atomic E-state index is 13.5. The zero-order valence-electron chi connectivity index (χ0n) is 15.4. The first-order valence-electron chi connectivity index (χ1n) is 9.48. The number of hydrogen-bond donors (Lipinski definition) is 2. The predicted octanol–water partition coefficient (Wildman–Crippen LogP) is 2.81. The van der Waals surface area contributed by atoms with E-state index in [0.717, 1.165) is 24.3 Å². The maximum Gasteiger partial charge on any atom is 0.235 e. The van der Waals surface area contributed by atoms with Crippen molar-refractivity contribution in [3.63, 3.8) is 0 Å². The minimum Gasteiger partial charge on any atom is -0.398 e. The number of nitrogens with one attached hydrogen (secondary N) is 1. The average Bonchev–Trinajstić information content (AvgIpc) is 3.20. The van der Waals surface area contributed by atoms with Crippen molar-refractivity contribution in [2.75, 3.05) is 23.0 Å². The minimum absolute atomic E-state index is 0.0174. The van der Waals surface area contributed by atoms with Crippen molar-refractivity contribution in [1.82, 2.24) is 4.72 Å². The van der Waals surface area contributed by atoms with E-state index in [9.17, 15) is 4.79 Å². The van der Waals surface area contributed by atoms with Crippen LogP contribution in [0, 0.1) is 11.8 Å². The molecule has 0 aromatic heterocycles. The van der Waals surface area contributed by atoms with Gasteiger partial charge in [0, 0.05) is 29.8 Å². The molecule has 2 bridgehead atoms. The van der Waals surface area contributed by atoms with Gasteiger partial charge in [-0.25, -0.2) is 0 Å². The summed E-state index contributed by atoms with van der Waals surface area (Å²) in [5.74, 6) is 0.887. The lowest BCUT2D eigenvalue weighted by Crippen LogP contribution is -2.60. The molecule has 4 heterocycles. The Kier molecular flexibility index (Phi) is 4.02. The molecule has 6 nitrogen and oxygen atoms in total. The summed E-state index contributed by atoms with van der Waals surface area (Å²) in [6, 6.07) is 5.57. The molecule has 6 atom stereocenters. The van der Waals surface area contributed by atoms with Gasteiger partial charge in [0.2, 0.25) is 5.91 Å². The minimum atomic E-state index is -0.466. The molecular weight excluding hydrogens is 386 g/mol. The number of carbonyl (C=O) groups is 1. The lowest BCUT2D eigenvalue weighted by Gasteiger charge is -2.45. The lowest BCUT2D eigenvalue weighted by molar-refractivity contribution is -0.142. The first-order chi connectivity index (χ1) is 12.9. The maximum absolute atomic E-state index is 13.5. The number of carbonyl (C=O) groups excluding carboxylic acids is 1. The average molecular weight is 410 g/mol. The van der Waals surface area contributed by atoms with Gasteiger partial charge < -0.3 is 15.2 Å². The fraction of sp³-hybridized carbons (Fsp3) is 0.632. The van der Waals surface area contributed by atoms with Crippen LogP contribution in [0.4, 0.5) is 11.4 Å². The van der Waals surface area contributed by atoms with Gasteiger partial charge in [-0.15, -0.1) is 0 Å². The van der Waals surface area contributed by atoms with Crippen LogP contribution in [0.1, 0.15) is 26.7 Å². The van der Waals surface area contributed by atoms with Crippen molar-refractivity contribution in [2.45, 2.75) is 50.2 Å². The van der Waals surface area contributed by atoms with Gasteiger partial charge in [-0.05, 0) is 31.5 Å². The predicted molar refractivity (Wildman–Crippen MR) is 107 cm³/mol. The molecule has 146 valence electrons. The number of benzene rings is 1. The zero-order valence-corrected chi connectivity index (χ0v) is 17.0. The fourth-order valence-electron chi connectivity index (χ4n) is 5.71. The van der Waals surface area contributed by atoms with Gasteiger partial charge in [0.05, 0.1) is 34.4 Å². The van der Waals surface area contributed by atoms with Gasteiger partial charge in [0.25, 0.3) is 0 Å². The van der Waals surface area contributed by atoms with Crippen molar-refractivity contribution >= 4 is 40.8 Å². The number of anilines is 2. The normalized spacial score (nSPS) is 42.0. The number of ether oxygens (including phenoxy) is 2. The van der Waals surface area contributed by atoms with Crippen LogP contribution in [-0.4, -0.2) is 41.7 Å². The second-order valence-electron chi connectivity index (χ2n) is 8.11. The van der Waals surface area contributed by atoms with Crippen LogP contribution in [0.15, 0.2) is 18.2 Å². The summed E-state index contributed by atoms with van der Waals surface area (Å²) >= 11 is 7.95. The molecular formula is C19H24ClN3O3S. The van der Waals surface area contributed by atoms with E-state index in [1.165, 1.54) is 0 Å². The van der Waals surface area contributed by atoms with Gasteiger partial charge >= 0.3 is 0 Å². The third kappa shape index (κ3) is 2.29. The largest absolute Gasteiger partial charge is 0.398 e. The van der Waals surface area contributed by atoms with Crippen LogP contribution in [0.2, 0.25) is 5.02 Å². The first kappa shape index (κ1) is 18.1. The second kappa shape index (κ2) is 6.00. The molecule has 1 amide bonds. The third-order valence-corrected chi connectivity index (χ3v) is 7.75. The highest BCUT2D eigenvalue weighted by Gasteiger charge is 2.78. The topological polar surface area (TPSA) is 76.8 Å². The van der Waals surface area contributed by atoms with E-state index in [0.29, 0.717) is 17.3 Å². The Labute approximate surface area is 168 Å². The number of nitrogen functional groups attached to an aromatic ring is 1. The Morgan fingerprint density at radius 2 is 2.30 bits per heavy atom. The summed E-state index contributed by atoms with van der Waals surface area (Å²) < 4.78 is 16.4. The number of halogens is 1. The molecule has 4 aliphatic heterocycles. The van der Waals surface area contributed by atoms with Gasteiger partial charge in [-0.3, -0.25) is 14.4 Å². The Morgan fingerprint density at radius 1 is 1.48 bits per heavy atom. The molecule has 0 radical (unpaired) electrons. The number of fused-ring (bicyclic) bond motifs is 2. The summed E-state index contributed by atoms with van der Waals surface area (Å²) in [7, 11) is 0. The van der Waals surface area contributed by atoms with Gasteiger partial charge in [0.15, 0.2) is 0 Å². The van der Waals surface area contributed by atoms with Crippen LogP contribution in [0.25, 0.3) is 0 Å². The number of nitrogens with zero attached hydrogens (tertiary/aromatic N) is 1. The van der Waals surface area contributed by atoms with Crippen molar-refractivity contribution in [2.24, 2.45) is 11.8 Å². The van der Waals surface area contributed by atoms with Crippen LogP contribution in [0.5, 0.6) is 0 Å². The Bertz CT molecular complexity index is 810. The van der Waals surface area contributed by atoms with Gasteiger partial charge in [0.1, 0.15) is 6.23 Å². The monoisotopic (exact) mass is 409 g/mol. The number of amides is 1. The summed E-state index contributed by atoms with van der Waals surface area (Å²) in [6.07, 6.45) is 1.33. The molecule has 8 heteroatoms. The smallest absolute Gasteiger partial charge is 0.235 e. The Hall–Kier alpha value is -0.990. The molecule has 6 unspecified atom stereocenters. The quantitative estimate of drug-likeness (QED) is 0.588. The van der Waals surface area contributed by atoms with Crippen molar-refractivity contribution in [3.8, 4) is 0 Å². The zero-order chi connectivity index (χ0) is 19.0. The van der Waals surface area contributed by atoms with Gasteiger partial charge in [-0.1, -0.05) is 30.5 Å². The highest BCUT2D eigenvalue weighted by molar-refractivity contribution is 7.97. The summed E-state index contributed by atoms with van der Waals surface area (Å²) in [5, 5.41) is 0.451. The molecule has 5 rings (SSSR count). The van der Waals surface area contributed by atoms with Crippen LogP contribution >= 0.6 is 23.5 Å². The molecule has 4 aliphatic rings. The molecule has 1 aromatic carbocycles.